The van der Waals surface area contributed by atoms with Gasteiger partial charge in [0, 0.05) is 12.8 Å². The van der Waals surface area contributed by atoms with Crippen LogP contribution in [0.25, 0.3) is 0 Å². The molecule has 18 heavy (non-hydrogen) atoms. The number of aliphatic carboxylic acids is 1. The van der Waals surface area contributed by atoms with E-state index >= 15 is 0 Å². The molecular weight excluding hydrogens is 232 g/mol. The van der Waals surface area contributed by atoms with Crippen LogP contribution in [-0.4, -0.2) is 23.1 Å². The summed E-state index contributed by atoms with van der Waals surface area (Å²) in [5.41, 5.74) is 0. The maximum Gasteiger partial charge on any atom is 0.306 e. The quantitative estimate of drug-likeness (QED) is 0.455. The lowest BCUT2D eigenvalue weighted by molar-refractivity contribution is -0.147. The van der Waals surface area contributed by atoms with Gasteiger partial charge in [0.15, 0.2) is 0 Å². The first-order valence-corrected chi connectivity index (χ1v) is 6.93. The number of carbonyl (C=O) groups is 2. The van der Waals surface area contributed by atoms with E-state index in [-0.39, 0.29) is 18.5 Å². The minimum absolute atomic E-state index is 0.0215. The highest BCUT2D eigenvalue weighted by molar-refractivity contribution is 5.69. The Bertz CT molecular complexity index is 236. The molecule has 0 unspecified atom stereocenters. The topological polar surface area (TPSA) is 63.6 Å². The molecule has 0 fully saturated rings. The summed E-state index contributed by atoms with van der Waals surface area (Å²) in [6, 6.07) is 0. The molecule has 106 valence electrons. The maximum atomic E-state index is 11.2. The summed E-state index contributed by atoms with van der Waals surface area (Å²) in [5.74, 6) is -0.815. The predicted molar refractivity (Wildman–Crippen MR) is 70.4 cm³/mol. The van der Waals surface area contributed by atoms with Crippen molar-refractivity contribution in [2.45, 2.75) is 77.7 Å². The Balaban J connectivity index is 3.16. The van der Waals surface area contributed by atoms with Gasteiger partial charge < -0.3 is 9.84 Å². The molecule has 0 heterocycles. The molecule has 0 aliphatic carbocycles. The average Bonchev–Trinajstić information content (AvgIpc) is 2.25. The molecule has 4 nitrogen and oxygen atoms in total. The second-order valence-electron chi connectivity index (χ2n) is 4.91. The molecule has 0 atom stereocenters. The third kappa shape index (κ3) is 13.0. The van der Waals surface area contributed by atoms with Crippen LogP contribution in [0.3, 0.4) is 0 Å². The summed E-state index contributed by atoms with van der Waals surface area (Å²) in [6.45, 7) is 3.71. The Morgan fingerprint density at radius 1 is 0.889 bits per heavy atom. The molecule has 0 aromatic carbocycles. The van der Waals surface area contributed by atoms with Gasteiger partial charge in [0.25, 0.3) is 0 Å². The first kappa shape index (κ1) is 16.9. The zero-order chi connectivity index (χ0) is 13.8. The van der Waals surface area contributed by atoms with Crippen LogP contribution in [0.15, 0.2) is 0 Å². The van der Waals surface area contributed by atoms with Gasteiger partial charge in [-0.2, -0.15) is 0 Å². The van der Waals surface area contributed by atoms with E-state index in [4.69, 9.17) is 9.84 Å². The van der Waals surface area contributed by atoms with E-state index in [0.29, 0.717) is 6.42 Å². The van der Waals surface area contributed by atoms with Crippen LogP contribution in [0.2, 0.25) is 0 Å². The number of esters is 1. The molecule has 0 saturated carbocycles. The lowest BCUT2D eigenvalue weighted by Crippen LogP contribution is -2.10. The Kier molecular flexibility index (Phi) is 10.4. The molecule has 0 aromatic rings. The standard InChI is InChI=1S/C14H26O4/c1-12(2)18-14(17)11-9-7-5-3-4-6-8-10-13(15)16/h12H,3-11H2,1-2H3,(H,15,16). The zero-order valence-electron chi connectivity index (χ0n) is 11.6. The fourth-order valence-electron chi connectivity index (χ4n) is 1.75. The molecule has 0 radical (unpaired) electrons. The number of carbonyl (C=O) groups excluding carboxylic acids is 1. The highest BCUT2D eigenvalue weighted by Crippen LogP contribution is 2.10. The number of ether oxygens (including phenoxy) is 1. The van der Waals surface area contributed by atoms with Crippen molar-refractivity contribution in [1.29, 1.82) is 0 Å². The van der Waals surface area contributed by atoms with Gasteiger partial charge in [-0.3, -0.25) is 9.59 Å². The summed E-state index contributed by atoms with van der Waals surface area (Å²) < 4.78 is 5.04. The SMILES string of the molecule is CC(C)OC(=O)CCCCCCCCCC(=O)O. The van der Waals surface area contributed by atoms with Crippen LogP contribution in [0, 0.1) is 0 Å². The van der Waals surface area contributed by atoms with E-state index < -0.39 is 5.97 Å². The van der Waals surface area contributed by atoms with Gasteiger partial charge in [0.1, 0.15) is 0 Å². The van der Waals surface area contributed by atoms with Crippen molar-refractivity contribution < 1.29 is 19.4 Å². The van der Waals surface area contributed by atoms with Crippen LogP contribution >= 0.6 is 0 Å². The van der Waals surface area contributed by atoms with Crippen LogP contribution in [0.5, 0.6) is 0 Å². The van der Waals surface area contributed by atoms with Crippen LogP contribution < -0.4 is 0 Å². The van der Waals surface area contributed by atoms with Gasteiger partial charge >= 0.3 is 11.9 Å². The summed E-state index contributed by atoms with van der Waals surface area (Å²) in [6.07, 6.45) is 7.79. The Hall–Kier alpha value is -1.06. The van der Waals surface area contributed by atoms with E-state index in [9.17, 15) is 9.59 Å². The Morgan fingerprint density at radius 2 is 1.33 bits per heavy atom. The fourth-order valence-corrected chi connectivity index (χ4v) is 1.75. The highest BCUT2D eigenvalue weighted by atomic mass is 16.5. The summed E-state index contributed by atoms with van der Waals surface area (Å²) in [5, 5.41) is 8.46. The van der Waals surface area contributed by atoms with Gasteiger partial charge in [-0.25, -0.2) is 0 Å². The molecule has 0 aliphatic rings. The predicted octanol–water partition coefficient (Wildman–Crippen LogP) is 3.53. The zero-order valence-corrected chi connectivity index (χ0v) is 11.6. The van der Waals surface area contributed by atoms with E-state index in [1.807, 2.05) is 13.8 Å². The third-order valence-electron chi connectivity index (χ3n) is 2.64. The van der Waals surface area contributed by atoms with Gasteiger partial charge in [0.05, 0.1) is 6.10 Å². The monoisotopic (exact) mass is 258 g/mol. The van der Waals surface area contributed by atoms with Gasteiger partial charge in [-0.1, -0.05) is 32.1 Å². The molecule has 0 amide bonds. The summed E-state index contributed by atoms with van der Waals surface area (Å²) in [7, 11) is 0. The van der Waals surface area contributed by atoms with Crippen molar-refractivity contribution >= 4 is 11.9 Å². The minimum Gasteiger partial charge on any atom is -0.481 e. The third-order valence-corrected chi connectivity index (χ3v) is 2.64. The molecule has 0 aromatic heterocycles. The minimum atomic E-state index is -0.710. The fraction of sp³-hybridized carbons (Fsp3) is 0.857. The molecule has 0 bridgehead atoms. The first-order chi connectivity index (χ1) is 8.52. The largest absolute Gasteiger partial charge is 0.481 e. The normalized spacial score (nSPS) is 10.6. The van der Waals surface area contributed by atoms with Crippen LogP contribution in [0.1, 0.15) is 71.6 Å². The van der Waals surface area contributed by atoms with Crippen molar-refractivity contribution in [2.24, 2.45) is 0 Å². The molecule has 0 spiro atoms. The smallest absolute Gasteiger partial charge is 0.306 e. The lowest BCUT2D eigenvalue weighted by atomic mass is 10.1. The van der Waals surface area contributed by atoms with Crippen molar-refractivity contribution in [3.63, 3.8) is 0 Å². The second kappa shape index (κ2) is 11.1. The van der Waals surface area contributed by atoms with E-state index in [1.54, 1.807) is 0 Å². The highest BCUT2D eigenvalue weighted by Gasteiger charge is 2.04. The molecule has 0 aliphatic heterocycles. The number of carboxylic acid groups (broad SMARTS) is 1. The number of hydrogen-bond donors (Lipinski definition) is 1. The maximum absolute atomic E-state index is 11.2. The summed E-state index contributed by atoms with van der Waals surface area (Å²) >= 11 is 0. The molecule has 1 N–H and O–H groups in total. The second-order valence-corrected chi connectivity index (χ2v) is 4.91. The van der Waals surface area contributed by atoms with Gasteiger partial charge in [-0.05, 0) is 26.7 Å². The van der Waals surface area contributed by atoms with Crippen molar-refractivity contribution in [3.8, 4) is 0 Å². The molecule has 0 rings (SSSR count). The average molecular weight is 258 g/mol. The number of carboxylic acids is 1. The molecule has 4 heteroatoms. The van der Waals surface area contributed by atoms with E-state index in [0.717, 1.165) is 44.9 Å². The Morgan fingerprint density at radius 3 is 1.78 bits per heavy atom. The lowest BCUT2D eigenvalue weighted by Gasteiger charge is -2.07. The van der Waals surface area contributed by atoms with E-state index in [2.05, 4.69) is 0 Å². The van der Waals surface area contributed by atoms with Gasteiger partial charge in [-0.15, -0.1) is 0 Å². The van der Waals surface area contributed by atoms with Gasteiger partial charge in [0.2, 0.25) is 0 Å². The number of unbranched alkanes of at least 4 members (excludes halogenated alkanes) is 6. The van der Waals surface area contributed by atoms with Crippen molar-refractivity contribution in [3.05, 3.63) is 0 Å². The number of rotatable bonds is 11. The summed E-state index contributed by atoms with van der Waals surface area (Å²) in [4.78, 5) is 21.5. The van der Waals surface area contributed by atoms with Crippen molar-refractivity contribution in [2.75, 3.05) is 0 Å². The van der Waals surface area contributed by atoms with Crippen LogP contribution in [-0.2, 0) is 14.3 Å². The molecular formula is C14H26O4. The molecule has 0 saturated heterocycles. The van der Waals surface area contributed by atoms with Crippen molar-refractivity contribution in [1.82, 2.24) is 0 Å². The number of hydrogen-bond acceptors (Lipinski definition) is 3. The van der Waals surface area contributed by atoms with E-state index in [1.165, 1.54) is 0 Å². The first-order valence-electron chi connectivity index (χ1n) is 6.93. The Labute approximate surface area is 110 Å². The van der Waals surface area contributed by atoms with Crippen LogP contribution in [0.4, 0.5) is 0 Å².